The van der Waals surface area contributed by atoms with Gasteiger partial charge in [-0.2, -0.15) is 0 Å². The summed E-state index contributed by atoms with van der Waals surface area (Å²) in [5.74, 6) is 1.93. The Morgan fingerprint density at radius 1 is 0.368 bits per heavy atom. The lowest BCUT2D eigenvalue weighted by atomic mass is 9.89. The molecule has 16 rings (SSSR count). The van der Waals surface area contributed by atoms with Crippen LogP contribution in [-0.2, 0) is 0 Å². The van der Waals surface area contributed by atoms with Gasteiger partial charge >= 0.3 is 0 Å². The van der Waals surface area contributed by atoms with Crippen molar-refractivity contribution in [2.24, 2.45) is 0 Å². The van der Waals surface area contributed by atoms with E-state index in [1.54, 1.807) is 0 Å². The SMILES string of the molecule is c1ccc(-c2nc(-c3ccccc3)nc(-c3cc(-c4ccc5sc6c7c(ccc6c5c4)-c4ccccc4C7c4ccccc4)cnc3-c3ccc4sc5c(ccc6c7ccccc7n(-c7ccccc7)c65)c4c3)n2)cc1. The maximum Gasteiger partial charge on any atom is 0.166 e. The van der Waals surface area contributed by atoms with Crippen LogP contribution in [-0.4, -0.2) is 24.5 Å². The van der Waals surface area contributed by atoms with E-state index in [1.165, 1.54) is 90.0 Å². The average Bonchev–Trinajstić information content (AvgIpc) is 4.45. The van der Waals surface area contributed by atoms with Crippen LogP contribution in [0.1, 0.15) is 22.6 Å². The molecule has 15 aromatic rings. The Labute approximate surface area is 445 Å². The Hall–Kier alpha value is -9.40. The van der Waals surface area contributed by atoms with Crippen molar-refractivity contribution >= 4 is 84.8 Å². The van der Waals surface area contributed by atoms with E-state index in [1.807, 2.05) is 65.3 Å². The minimum Gasteiger partial charge on any atom is -0.308 e. The minimum atomic E-state index is 0.165. The van der Waals surface area contributed by atoms with Crippen molar-refractivity contribution in [1.82, 2.24) is 24.5 Å². The van der Waals surface area contributed by atoms with Crippen LogP contribution < -0.4 is 0 Å². The Kier molecular flexibility index (Phi) is 9.67. The molecule has 76 heavy (non-hydrogen) atoms. The molecule has 1 aliphatic rings. The molecule has 0 amide bonds. The summed E-state index contributed by atoms with van der Waals surface area (Å²) in [7, 11) is 0. The molecule has 0 N–H and O–H groups in total. The molecule has 0 saturated carbocycles. The van der Waals surface area contributed by atoms with Crippen molar-refractivity contribution < 1.29 is 0 Å². The van der Waals surface area contributed by atoms with Crippen LogP contribution in [0.4, 0.5) is 0 Å². The van der Waals surface area contributed by atoms with Crippen LogP contribution >= 0.6 is 22.7 Å². The van der Waals surface area contributed by atoms with Gasteiger partial charge in [-0.05, 0) is 81.9 Å². The number of pyridine rings is 1. The summed E-state index contributed by atoms with van der Waals surface area (Å²) in [6.45, 7) is 0. The van der Waals surface area contributed by atoms with Crippen LogP contribution in [0.25, 0.3) is 136 Å². The lowest BCUT2D eigenvalue weighted by molar-refractivity contribution is 1.03. The molecule has 354 valence electrons. The molecule has 0 bridgehead atoms. The van der Waals surface area contributed by atoms with Crippen LogP contribution in [0.5, 0.6) is 0 Å². The van der Waals surface area contributed by atoms with Crippen molar-refractivity contribution in [2.75, 3.05) is 0 Å². The van der Waals surface area contributed by atoms with E-state index in [0.29, 0.717) is 17.5 Å². The molecule has 5 aromatic heterocycles. The van der Waals surface area contributed by atoms with Gasteiger partial charge in [-0.25, -0.2) is 15.0 Å². The fourth-order valence-corrected chi connectivity index (χ4v) is 14.4. The van der Waals surface area contributed by atoms with Gasteiger partial charge in [0.05, 0.1) is 21.4 Å². The Balaban J connectivity index is 0.899. The third-order valence-electron chi connectivity index (χ3n) is 15.4. The number of thiophene rings is 2. The van der Waals surface area contributed by atoms with E-state index in [2.05, 4.69) is 205 Å². The van der Waals surface area contributed by atoms with Gasteiger partial charge in [-0.15, -0.1) is 22.7 Å². The molecule has 10 aromatic carbocycles. The Morgan fingerprint density at radius 3 is 1.70 bits per heavy atom. The highest BCUT2D eigenvalue weighted by Gasteiger charge is 2.32. The summed E-state index contributed by atoms with van der Waals surface area (Å²) in [6, 6.07) is 85.0. The first kappa shape index (κ1) is 43.0. The number of hydrogen-bond donors (Lipinski definition) is 0. The largest absolute Gasteiger partial charge is 0.308 e. The normalized spacial score (nSPS) is 13.1. The lowest BCUT2D eigenvalue weighted by Gasteiger charge is -2.15. The van der Waals surface area contributed by atoms with Gasteiger partial charge in [-0.1, -0.05) is 188 Å². The number of aromatic nitrogens is 5. The van der Waals surface area contributed by atoms with E-state index >= 15 is 0 Å². The summed E-state index contributed by atoms with van der Waals surface area (Å²) in [4.78, 5) is 21.2. The molecule has 0 fully saturated rings. The summed E-state index contributed by atoms with van der Waals surface area (Å²) < 4.78 is 7.50. The smallest absolute Gasteiger partial charge is 0.166 e. The molecule has 1 atom stereocenters. The van der Waals surface area contributed by atoms with Gasteiger partial charge in [-0.3, -0.25) is 4.98 Å². The van der Waals surface area contributed by atoms with Crippen molar-refractivity contribution in [3.8, 4) is 73.4 Å². The number of hydrogen-bond acceptors (Lipinski definition) is 6. The minimum absolute atomic E-state index is 0.165. The van der Waals surface area contributed by atoms with Gasteiger partial charge in [0.2, 0.25) is 0 Å². The van der Waals surface area contributed by atoms with Crippen molar-refractivity contribution in [3.63, 3.8) is 0 Å². The quantitative estimate of drug-likeness (QED) is 0.160. The molecular weight excluding hydrogens is 963 g/mol. The molecule has 5 heterocycles. The highest BCUT2D eigenvalue weighted by atomic mass is 32.1. The highest BCUT2D eigenvalue weighted by molar-refractivity contribution is 7.27. The van der Waals surface area contributed by atoms with Crippen LogP contribution in [0.2, 0.25) is 0 Å². The zero-order chi connectivity index (χ0) is 49.8. The van der Waals surface area contributed by atoms with Crippen LogP contribution in [0.3, 0.4) is 0 Å². The van der Waals surface area contributed by atoms with Crippen molar-refractivity contribution in [3.05, 3.63) is 259 Å². The Morgan fingerprint density at radius 2 is 0.947 bits per heavy atom. The Bertz CT molecular complexity index is 4750. The molecule has 0 spiro atoms. The summed E-state index contributed by atoms with van der Waals surface area (Å²) in [6.07, 6.45) is 2.03. The fraction of sp³-hybridized carbons (Fsp3) is 0.0145. The highest BCUT2D eigenvalue weighted by Crippen LogP contribution is 2.54. The van der Waals surface area contributed by atoms with E-state index in [9.17, 15) is 0 Å². The predicted molar refractivity (Wildman–Crippen MR) is 318 cm³/mol. The molecule has 0 aliphatic heterocycles. The number of para-hydroxylation sites is 2. The van der Waals surface area contributed by atoms with E-state index in [-0.39, 0.29) is 5.92 Å². The number of benzene rings is 10. The van der Waals surface area contributed by atoms with E-state index in [4.69, 9.17) is 19.9 Å². The second-order valence-electron chi connectivity index (χ2n) is 19.6. The van der Waals surface area contributed by atoms with Gasteiger partial charge < -0.3 is 4.57 Å². The molecule has 1 aliphatic carbocycles. The van der Waals surface area contributed by atoms with Gasteiger partial charge in [0.25, 0.3) is 0 Å². The van der Waals surface area contributed by atoms with E-state index < -0.39 is 0 Å². The molecule has 5 nitrogen and oxygen atoms in total. The predicted octanol–water partition coefficient (Wildman–Crippen LogP) is 18.6. The topological polar surface area (TPSA) is 56.5 Å². The zero-order valence-electron chi connectivity index (χ0n) is 40.7. The van der Waals surface area contributed by atoms with Crippen LogP contribution in [0.15, 0.2) is 243 Å². The van der Waals surface area contributed by atoms with Crippen LogP contribution in [0, 0.1) is 0 Å². The third kappa shape index (κ3) is 6.69. The summed E-state index contributed by atoms with van der Waals surface area (Å²) in [5, 5.41) is 7.40. The third-order valence-corrected chi connectivity index (χ3v) is 17.8. The lowest BCUT2D eigenvalue weighted by Crippen LogP contribution is -2.02. The van der Waals surface area contributed by atoms with E-state index in [0.717, 1.165) is 44.8 Å². The zero-order valence-corrected chi connectivity index (χ0v) is 42.4. The first-order chi connectivity index (χ1) is 37.7. The average molecular weight is 1000 g/mol. The summed E-state index contributed by atoms with van der Waals surface area (Å²) >= 11 is 3.75. The van der Waals surface area contributed by atoms with Crippen molar-refractivity contribution in [1.29, 1.82) is 0 Å². The van der Waals surface area contributed by atoms with Gasteiger partial charge in [0.1, 0.15) is 0 Å². The summed E-state index contributed by atoms with van der Waals surface area (Å²) in [5.41, 5.74) is 16.8. The second kappa shape index (κ2) is 17.1. The standard InChI is InChI=1S/C69H41N5S2/c1-5-17-41(18-6-1)61-50-27-14-13-25-48(50)51-31-33-53-55-37-44(29-35-59(55)75-65(53)62(51)61)46-39-57(69-72-67(42-19-7-2-8-20-42)71-68(73-69)43-21-9-3-10-22-43)63(70-40-46)45-30-36-60-56(38-45)54-34-32-52-49-26-15-16-28-58(49)74(64(52)66(54)76-60)47-23-11-4-12-24-47/h1-40,61H. The first-order valence-corrected chi connectivity index (χ1v) is 27.3. The van der Waals surface area contributed by atoms with Crippen molar-refractivity contribution in [2.45, 2.75) is 5.92 Å². The number of nitrogens with zero attached hydrogens (tertiary/aromatic N) is 5. The maximum atomic E-state index is 5.46. The second-order valence-corrected chi connectivity index (χ2v) is 21.7. The molecule has 7 heteroatoms. The number of rotatable bonds is 7. The monoisotopic (exact) mass is 1000 g/mol. The molecule has 0 saturated heterocycles. The fourth-order valence-electron chi connectivity index (χ4n) is 11.9. The molecule has 1 unspecified atom stereocenters. The van der Waals surface area contributed by atoms with Gasteiger partial charge in [0.15, 0.2) is 17.5 Å². The molecule has 0 radical (unpaired) electrons. The number of fused-ring (bicyclic) bond motifs is 14. The van der Waals surface area contributed by atoms with Gasteiger partial charge in [0, 0.05) is 92.0 Å². The first-order valence-electron chi connectivity index (χ1n) is 25.6. The maximum absolute atomic E-state index is 5.46. The molecular formula is C69H41N5S2.